The summed E-state index contributed by atoms with van der Waals surface area (Å²) in [6.07, 6.45) is 4.38. The first-order chi connectivity index (χ1) is 30.6. The molecule has 0 saturated carbocycles. The van der Waals surface area contributed by atoms with Gasteiger partial charge in [-0.2, -0.15) is 4.98 Å². The Bertz CT molecular complexity index is 2520. The van der Waals surface area contributed by atoms with E-state index in [4.69, 9.17) is 18.9 Å². The number of aliphatic carboxylic acids is 2. The lowest BCUT2D eigenvalue weighted by Gasteiger charge is -2.31. The molecule has 0 radical (unpaired) electrons. The van der Waals surface area contributed by atoms with E-state index >= 15 is 0 Å². The second-order valence-electron chi connectivity index (χ2n) is 15.0. The standard InChI is InChI=1S/C42H47N8O13P/c1-3-62-64(2,60)63-20-8-7-19-61-41(59)32-29-16-17-30(51)35(50(29)23-24-9-5-4-6-10-24)33(32)38(55)48-42-47-36-34(39(56)49-42)45-27(22-44-36)21-43-26-13-11-25(12-14-26)37(54)46-28(40(57)58)15-18-31(52)53/h4-6,9-14,16-17,22,28-29,32-33,35,43H,3,7-8,15,18-21,23H2,1-2H3,(H,46,54)(H,52,53)(H,57,58)(H2,44,47,48,49,55,56)/t28-,29+,32?,33?,35-,64?/m1/s1. The van der Waals surface area contributed by atoms with Crippen molar-refractivity contribution in [3.8, 4) is 0 Å². The van der Waals surface area contributed by atoms with E-state index in [-0.39, 0.29) is 67.8 Å². The maximum Gasteiger partial charge on any atom is 0.327 e. The van der Waals surface area contributed by atoms with Gasteiger partial charge >= 0.3 is 25.5 Å². The van der Waals surface area contributed by atoms with E-state index in [9.17, 15) is 43.2 Å². The predicted octanol–water partition coefficient (Wildman–Crippen LogP) is 3.14. The highest BCUT2D eigenvalue weighted by Gasteiger charge is 2.58. The van der Waals surface area contributed by atoms with Gasteiger partial charge in [-0.15, -0.1) is 0 Å². The average Bonchev–Trinajstić information content (AvgIpc) is 3.49. The zero-order valence-electron chi connectivity index (χ0n) is 34.8. The summed E-state index contributed by atoms with van der Waals surface area (Å²) in [6.45, 7) is 3.73. The number of carbonyl (C=O) groups is 6. The topological polar surface area (TPSA) is 298 Å². The zero-order chi connectivity index (χ0) is 46.0. The number of unbranched alkanes of at least 4 members (excludes halogenated alkanes) is 1. The number of esters is 1. The number of rotatable bonds is 22. The molecule has 2 aliphatic heterocycles. The second-order valence-corrected chi connectivity index (χ2v) is 17.0. The minimum absolute atomic E-state index is 0.0283. The van der Waals surface area contributed by atoms with Crippen LogP contribution in [0.3, 0.4) is 0 Å². The van der Waals surface area contributed by atoms with E-state index in [1.54, 1.807) is 30.0 Å². The van der Waals surface area contributed by atoms with E-state index in [0.717, 1.165) is 5.56 Å². The normalized spacial score (nSPS) is 19.4. The van der Waals surface area contributed by atoms with E-state index in [1.165, 1.54) is 31.1 Å². The molecule has 64 heavy (non-hydrogen) atoms. The van der Waals surface area contributed by atoms with Crippen molar-refractivity contribution in [3.05, 3.63) is 100 Å². The average molecular weight is 903 g/mol. The van der Waals surface area contributed by atoms with E-state index in [2.05, 4.69) is 35.9 Å². The number of ether oxygens (including phenoxy) is 1. The number of carboxylic acids is 2. The maximum absolute atomic E-state index is 14.2. The molecule has 6 N–H and O–H groups in total. The fourth-order valence-electron chi connectivity index (χ4n) is 7.43. The number of benzene rings is 2. The molecular weight excluding hydrogens is 855 g/mol. The minimum Gasteiger partial charge on any atom is -0.481 e. The molecule has 3 unspecified atom stereocenters. The first-order valence-electron chi connectivity index (χ1n) is 20.3. The number of carboxylic acid groups (broad SMARTS) is 2. The van der Waals surface area contributed by atoms with Crippen LogP contribution in [-0.4, -0.2) is 115 Å². The fourth-order valence-corrected chi connectivity index (χ4v) is 8.44. The summed E-state index contributed by atoms with van der Waals surface area (Å²) in [5.41, 5.74) is 0.879. The SMILES string of the molecule is CCOP(C)(=O)OCCCCOC(=O)C1C(C(=O)Nc2nc3ncc(CNc4ccc(C(=O)N[C@H](CCC(=O)O)C(=O)O)cc4)nc3c(=O)[nH]2)[C@H]2C(=O)C=C[C@@H]1N2Cc1ccccc1. The van der Waals surface area contributed by atoms with Gasteiger partial charge in [0.2, 0.25) is 11.9 Å². The molecule has 0 spiro atoms. The largest absolute Gasteiger partial charge is 0.481 e. The second kappa shape index (κ2) is 21.1. The van der Waals surface area contributed by atoms with Crippen molar-refractivity contribution in [1.82, 2.24) is 30.2 Å². The van der Waals surface area contributed by atoms with Gasteiger partial charge in [-0.05, 0) is 62.1 Å². The Morgan fingerprint density at radius 1 is 0.953 bits per heavy atom. The Kier molecular flexibility index (Phi) is 15.5. The highest BCUT2D eigenvalue weighted by atomic mass is 31.2. The summed E-state index contributed by atoms with van der Waals surface area (Å²) in [5, 5.41) is 26.2. The summed E-state index contributed by atoms with van der Waals surface area (Å²) in [4.78, 5) is 107. The Morgan fingerprint density at radius 2 is 1.69 bits per heavy atom. The van der Waals surface area contributed by atoms with Crippen molar-refractivity contribution >= 4 is 65.9 Å². The molecule has 4 heterocycles. The van der Waals surface area contributed by atoms with Crippen LogP contribution >= 0.6 is 7.60 Å². The summed E-state index contributed by atoms with van der Waals surface area (Å²) >= 11 is 0. The first-order valence-corrected chi connectivity index (χ1v) is 22.3. The van der Waals surface area contributed by atoms with Gasteiger partial charge in [0.1, 0.15) is 6.04 Å². The first kappa shape index (κ1) is 46.8. The summed E-state index contributed by atoms with van der Waals surface area (Å²) in [7, 11) is -3.19. The van der Waals surface area contributed by atoms with Crippen LogP contribution in [0.15, 0.2) is 77.7 Å². The molecule has 22 heteroatoms. The molecule has 21 nitrogen and oxygen atoms in total. The van der Waals surface area contributed by atoms with Gasteiger partial charge in [0.05, 0.1) is 56.1 Å². The molecular formula is C42H47N8O13P. The molecule has 338 valence electrons. The number of aromatic amines is 1. The third kappa shape index (κ3) is 11.9. The van der Waals surface area contributed by atoms with Crippen molar-refractivity contribution < 1.29 is 57.3 Å². The van der Waals surface area contributed by atoms with Crippen LogP contribution in [-0.2, 0) is 55.4 Å². The van der Waals surface area contributed by atoms with E-state index in [0.29, 0.717) is 24.2 Å². The molecule has 6 atom stereocenters. The number of ketones is 1. The fraction of sp³-hybridized carbons (Fsp3) is 0.381. The summed E-state index contributed by atoms with van der Waals surface area (Å²) in [5.74, 6) is -7.74. The van der Waals surface area contributed by atoms with Crippen molar-refractivity contribution in [1.29, 1.82) is 0 Å². The van der Waals surface area contributed by atoms with Gasteiger partial charge in [-0.25, -0.2) is 14.8 Å². The Hall–Kier alpha value is -6.67. The van der Waals surface area contributed by atoms with Crippen LogP contribution < -0.4 is 21.5 Å². The number of H-pyrrole nitrogens is 1. The van der Waals surface area contributed by atoms with Crippen molar-refractivity contribution in [2.45, 2.75) is 63.8 Å². The number of nitrogens with zero attached hydrogens (tertiary/aromatic N) is 4. The van der Waals surface area contributed by atoms with Crippen LogP contribution in [0.4, 0.5) is 11.6 Å². The van der Waals surface area contributed by atoms with Gasteiger partial charge in [0.25, 0.3) is 11.5 Å². The molecule has 2 aromatic carbocycles. The summed E-state index contributed by atoms with van der Waals surface area (Å²) in [6, 6.07) is 12.2. The molecule has 1 saturated heterocycles. The van der Waals surface area contributed by atoms with Crippen molar-refractivity contribution in [3.63, 3.8) is 0 Å². The number of anilines is 2. The lowest BCUT2D eigenvalue weighted by Crippen LogP contribution is -2.46. The molecule has 4 aromatic rings. The monoisotopic (exact) mass is 902 g/mol. The number of hydrogen-bond acceptors (Lipinski definition) is 16. The highest BCUT2D eigenvalue weighted by molar-refractivity contribution is 7.52. The quantitative estimate of drug-likeness (QED) is 0.0375. The molecule has 2 aromatic heterocycles. The Morgan fingerprint density at radius 3 is 2.39 bits per heavy atom. The van der Waals surface area contributed by atoms with Crippen LogP contribution in [0.1, 0.15) is 54.2 Å². The Labute approximate surface area is 365 Å². The van der Waals surface area contributed by atoms with Gasteiger partial charge < -0.3 is 34.6 Å². The molecule has 2 bridgehead atoms. The number of amides is 2. The van der Waals surface area contributed by atoms with Crippen LogP contribution in [0, 0.1) is 11.8 Å². The van der Waals surface area contributed by atoms with Crippen LogP contribution in [0.2, 0.25) is 0 Å². The number of carbonyl (C=O) groups excluding carboxylic acids is 4. The molecule has 2 aliphatic rings. The van der Waals surface area contributed by atoms with E-state index in [1.807, 2.05) is 30.3 Å². The number of fused-ring (bicyclic) bond motifs is 3. The number of nitrogens with one attached hydrogen (secondary N) is 4. The lowest BCUT2D eigenvalue weighted by atomic mass is 9.86. The van der Waals surface area contributed by atoms with Gasteiger partial charge in [0.15, 0.2) is 16.9 Å². The number of aromatic nitrogens is 4. The smallest absolute Gasteiger partial charge is 0.327 e. The zero-order valence-corrected chi connectivity index (χ0v) is 35.7. The van der Waals surface area contributed by atoms with Gasteiger partial charge in [0, 0.05) is 36.9 Å². The Balaban J connectivity index is 1.12. The molecule has 1 fully saturated rings. The van der Waals surface area contributed by atoms with Gasteiger partial charge in [-0.1, -0.05) is 36.4 Å². The molecule has 6 rings (SSSR count). The van der Waals surface area contributed by atoms with Gasteiger partial charge in [-0.3, -0.25) is 48.5 Å². The van der Waals surface area contributed by atoms with E-state index < -0.39 is 79.3 Å². The summed E-state index contributed by atoms with van der Waals surface area (Å²) < 4.78 is 28.3. The molecule has 0 aliphatic carbocycles. The minimum atomic E-state index is -3.19. The van der Waals surface area contributed by atoms with Crippen molar-refractivity contribution in [2.24, 2.45) is 11.8 Å². The van der Waals surface area contributed by atoms with Crippen molar-refractivity contribution in [2.75, 3.05) is 37.1 Å². The highest BCUT2D eigenvalue weighted by Crippen LogP contribution is 2.44. The van der Waals surface area contributed by atoms with Crippen LogP contribution in [0.5, 0.6) is 0 Å². The third-order valence-corrected chi connectivity index (χ3v) is 11.8. The lowest BCUT2D eigenvalue weighted by molar-refractivity contribution is -0.152. The number of hydrogen-bond donors (Lipinski definition) is 6. The van der Waals surface area contributed by atoms with Crippen LogP contribution in [0.25, 0.3) is 11.2 Å². The maximum atomic E-state index is 14.2. The third-order valence-electron chi connectivity index (χ3n) is 10.4. The molecule has 2 amide bonds. The predicted molar refractivity (Wildman–Crippen MR) is 228 cm³/mol.